The van der Waals surface area contributed by atoms with E-state index in [2.05, 4.69) is 10.6 Å². The average Bonchev–Trinajstić information content (AvgIpc) is 3.13. The topological polar surface area (TPSA) is 58.2 Å². The van der Waals surface area contributed by atoms with Crippen LogP contribution in [0.3, 0.4) is 0 Å². The van der Waals surface area contributed by atoms with Gasteiger partial charge < -0.3 is 10.6 Å². The fraction of sp³-hybridized carbons (Fsp3) is 0. The normalized spacial score (nSPS) is 10.3. The maximum atomic E-state index is 13.6. The molecule has 2 N–H and O–H groups in total. The molecule has 2 amide bonds. The van der Waals surface area contributed by atoms with Gasteiger partial charge in [0.05, 0.1) is 10.6 Å². The number of hydrogen-bond donors (Lipinski definition) is 2. The van der Waals surface area contributed by atoms with Crippen LogP contribution in [0, 0.1) is 11.6 Å². The maximum absolute atomic E-state index is 13.6. The Hall–Kier alpha value is -3.06. The van der Waals surface area contributed by atoms with Gasteiger partial charge in [-0.2, -0.15) is 0 Å². The van der Waals surface area contributed by atoms with Crippen LogP contribution in [0.15, 0.2) is 60.0 Å². The van der Waals surface area contributed by atoms with Crippen LogP contribution in [0.5, 0.6) is 0 Å². The number of nitrogens with one attached hydrogen (secondary N) is 2. The quantitative estimate of drug-likeness (QED) is 0.720. The van der Waals surface area contributed by atoms with Gasteiger partial charge in [-0.3, -0.25) is 9.59 Å². The van der Waals surface area contributed by atoms with Crippen molar-refractivity contribution in [1.82, 2.24) is 0 Å². The van der Waals surface area contributed by atoms with Crippen molar-refractivity contribution in [2.45, 2.75) is 0 Å². The molecule has 0 radical (unpaired) electrons. The van der Waals surface area contributed by atoms with Crippen LogP contribution in [0.2, 0.25) is 0 Å². The molecule has 3 aromatic rings. The van der Waals surface area contributed by atoms with Crippen LogP contribution in [0.4, 0.5) is 20.2 Å². The molecular weight excluding hydrogens is 346 g/mol. The zero-order valence-corrected chi connectivity index (χ0v) is 13.6. The highest BCUT2D eigenvalue weighted by atomic mass is 32.1. The van der Waals surface area contributed by atoms with Crippen LogP contribution in [0.1, 0.15) is 20.0 Å². The van der Waals surface area contributed by atoms with Gasteiger partial charge in [-0.25, -0.2) is 8.78 Å². The van der Waals surface area contributed by atoms with Gasteiger partial charge in [0.1, 0.15) is 11.6 Å². The van der Waals surface area contributed by atoms with E-state index in [0.717, 1.165) is 18.2 Å². The van der Waals surface area contributed by atoms with Gasteiger partial charge in [0.2, 0.25) is 0 Å². The van der Waals surface area contributed by atoms with E-state index < -0.39 is 17.5 Å². The van der Waals surface area contributed by atoms with Crippen LogP contribution in [0.25, 0.3) is 0 Å². The van der Waals surface area contributed by atoms with Crippen molar-refractivity contribution in [2.24, 2.45) is 0 Å². The summed E-state index contributed by atoms with van der Waals surface area (Å²) in [7, 11) is 0. The van der Waals surface area contributed by atoms with E-state index in [0.29, 0.717) is 10.6 Å². The molecule has 2 aromatic carbocycles. The van der Waals surface area contributed by atoms with Crippen LogP contribution in [-0.2, 0) is 0 Å². The van der Waals surface area contributed by atoms with Gasteiger partial charge in [-0.05, 0) is 41.8 Å². The van der Waals surface area contributed by atoms with Crippen molar-refractivity contribution in [3.8, 4) is 0 Å². The molecule has 0 unspecified atom stereocenters. The molecule has 0 aliphatic carbocycles. The number of carbonyl (C=O) groups is 2. The van der Waals surface area contributed by atoms with E-state index in [1.54, 1.807) is 29.6 Å². The van der Waals surface area contributed by atoms with Gasteiger partial charge >= 0.3 is 0 Å². The molecule has 25 heavy (non-hydrogen) atoms. The second kappa shape index (κ2) is 7.23. The summed E-state index contributed by atoms with van der Waals surface area (Å²) in [5, 5.41) is 6.78. The molecule has 126 valence electrons. The summed E-state index contributed by atoms with van der Waals surface area (Å²) in [5.41, 5.74) is 0.372. The molecule has 0 bridgehead atoms. The molecule has 0 atom stereocenters. The fourth-order valence-corrected chi connectivity index (χ4v) is 2.75. The Labute approximate surface area is 146 Å². The Kier molecular flexibility index (Phi) is 4.85. The smallest absolute Gasteiger partial charge is 0.265 e. The Bertz CT molecular complexity index is 927. The molecule has 4 nitrogen and oxygen atoms in total. The molecule has 0 spiro atoms. The third-order valence-corrected chi connectivity index (χ3v) is 4.17. The minimum Gasteiger partial charge on any atom is -0.321 e. The van der Waals surface area contributed by atoms with Crippen LogP contribution < -0.4 is 10.6 Å². The number of anilines is 2. The van der Waals surface area contributed by atoms with E-state index in [1.807, 2.05) is 0 Å². The second-order valence-electron chi connectivity index (χ2n) is 5.09. The maximum Gasteiger partial charge on any atom is 0.265 e. The average molecular weight is 358 g/mol. The van der Waals surface area contributed by atoms with Crippen molar-refractivity contribution in [3.63, 3.8) is 0 Å². The Balaban J connectivity index is 1.75. The van der Waals surface area contributed by atoms with Crippen LogP contribution >= 0.6 is 11.3 Å². The summed E-state index contributed by atoms with van der Waals surface area (Å²) in [6, 6.07) is 12.4. The van der Waals surface area contributed by atoms with E-state index in [9.17, 15) is 18.4 Å². The lowest BCUT2D eigenvalue weighted by atomic mass is 10.1. The number of hydrogen-bond acceptors (Lipinski definition) is 3. The predicted octanol–water partition coefficient (Wildman–Crippen LogP) is 4.53. The largest absolute Gasteiger partial charge is 0.321 e. The molecule has 0 saturated carbocycles. The first-order chi connectivity index (χ1) is 12.0. The monoisotopic (exact) mass is 358 g/mol. The van der Waals surface area contributed by atoms with Crippen molar-refractivity contribution in [3.05, 3.63) is 82.1 Å². The zero-order chi connectivity index (χ0) is 17.8. The van der Waals surface area contributed by atoms with Gasteiger partial charge in [-0.15, -0.1) is 11.3 Å². The predicted molar refractivity (Wildman–Crippen MR) is 93.0 cm³/mol. The first-order valence-electron chi connectivity index (χ1n) is 7.24. The highest BCUT2D eigenvalue weighted by Gasteiger charge is 2.12. The van der Waals surface area contributed by atoms with Gasteiger partial charge in [-0.1, -0.05) is 12.1 Å². The van der Waals surface area contributed by atoms with Gasteiger partial charge in [0, 0.05) is 17.3 Å². The minimum absolute atomic E-state index is 0.202. The number of benzene rings is 2. The molecule has 0 saturated heterocycles. The minimum atomic E-state index is -0.739. The SMILES string of the molecule is O=C(Nc1cc(F)ccc1F)c1cccc(NC(=O)c2cccs2)c1. The lowest BCUT2D eigenvalue weighted by Gasteiger charge is -2.09. The molecular formula is C18H12F2N2O2S. The van der Waals surface area contributed by atoms with E-state index >= 15 is 0 Å². The molecule has 1 aromatic heterocycles. The van der Waals surface area contributed by atoms with Crippen molar-refractivity contribution < 1.29 is 18.4 Å². The molecule has 0 fully saturated rings. The summed E-state index contributed by atoms with van der Waals surface area (Å²) >= 11 is 1.30. The first kappa shape index (κ1) is 16.8. The van der Waals surface area contributed by atoms with Crippen molar-refractivity contribution in [2.75, 3.05) is 10.6 Å². The molecule has 7 heteroatoms. The molecule has 0 aliphatic heterocycles. The molecule has 1 heterocycles. The van der Waals surface area contributed by atoms with Crippen molar-refractivity contribution >= 4 is 34.5 Å². The zero-order valence-electron chi connectivity index (χ0n) is 12.8. The summed E-state index contributed by atoms with van der Waals surface area (Å²) in [5.74, 6) is -2.30. The van der Waals surface area contributed by atoms with Gasteiger partial charge in [0.25, 0.3) is 11.8 Å². The summed E-state index contributed by atoms with van der Waals surface area (Å²) in [4.78, 5) is 24.8. The summed E-state index contributed by atoms with van der Waals surface area (Å²) < 4.78 is 26.8. The number of rotatable bonds is 4. The fourth-order valence-electron chi connectivity index (χ4n) is 2.13. The number of thiophene rings is 1. The van der Waals surface area contributed by atoms with Crippen molar-refractivity contribution in [1.29, 1.82) is 0 Å². The first-order valence-corrected chi connectivity index (χ1v) is 8.12. The lowest BCUT2D eigenvalue weighted by Crippen LogP contribution is -2.15. The van der Waals surface area contributed by atoms with Crippen LogP contribution in [-0.4, -0.2) is 11.8 Å². The number of amides is 2. The number of carbonyl (C=O) groups excluding carboxylic acids is 2. The Morgan fingerprint density at radius 1 is 0.880 bits per heavy atom. The third kappa shape index (κ3) is 4.07. The highest BCUT2D eigenvalue weighted by molar-refractivity contribution is 7.12. The van der Waals surface area contributed by atoms with E-state index in [-0.39, 0.29) is 17.2 Å². The Morgan fingerprint density at radius 3 is 2.48 bits per heavy atom. The Morgan fingerprint density at radius 2 is 1.72 bits per heavy atom. The molecule has 0 aliphatic rings. The van der Waals surface area contributed by atoms with Gasteiger partial charge in [0.15, 0.2) is 0 Å². The summed E-state index contributed by atoms with van der Waals surface area (Å²) in [6.07, 6.45) is 0. The molecule has 3 rings (SSSR count). The second-order valence-corrected chi connectivity index (χ2v) is 6.04. The number of halogens is 2. The van der Waals surface area contributed by atoms with E-state index in [1.165, 1.54) is 23.5 Å². The lowest BCUT2D eigenvalue weighted by molar-refractivity contribution is 0.101. The third-order valence-electron chi connectivity index (χ3n) is 3.30. The van der Waals surface area contributed by atoms with E-state index in [4.69, 9.17) is 0 Å². The highest BCUT2D eigenvalue weighted by Crippen LogP contribution is 2.18. The standard InChI is InChI=1S/C18H12F2N2O2S/c19-12-6-7-14(20)15(10-12)22-17(23)11-3-1-4-13(9-11)21-18(24)16-5-2-8-25-16/h1-10H,(H,21,24)(H,22,23). The summed E-state index contributed by atoms with van der Waals surface area (Å²) in [6.45, 7) is 0.